The number of aliphatic carboxylic acids is 3. The summed E-state index contributed by atoms with van der Waals surface area (Å²) in [6, 6.07) is 26.1. The van der Waals surface area contributed by atoms with E-state index in [0.717, 1.165) is 31.9 Å². The zero-order chi connectivity index (χ0) is 43.8. The second kappa shape index (κ2) is 22.8. The van der Waals surface area contributed by atoms with Crippen LogP contribution in [-0.2, 0) is 44.6 Å². The van der Waals surface area contributed by atoms with E-state index in [4.69, 9.17) is 39.2 Å². The van der Waals surface area contributed by atoms with Gasteiger partial charge in [-0.2, -0.15) is 10.2 Å². The number of carbonyl (C=O) groups excluding carboxylic acids is 7. The summed E-state index contributed by atoms with van der Waals surface area (Å²) < 4.78 is 11.8. The van der Waals surface area contributed by atoms with Crippen molar-refractivity contribution < 1.29 is 75.7 Å². The number of hydrogen-bond acceptors (Lipinski definition) is 16. The summed E-state index contributed by atoms with van der Waals surface area (Å²) >= 11 is 0. The van der Waals surface area contributed by atoms with Crippen molar-refractivity contribution >= 4 is 64.8 Å². The number of para-hydroxylation sites is 2. The molecule has 4 N–H and O–H groups in total. The molecule has 311 valence electrons. The smallest absolute Gasteiger partial charge is 0.550 e. The fourth-order valence-electron chi connectivity index (χ4n) is 4.93. The molecule has 4 bridgehead atoms. The molecular formula is C40H33CrN8O12. The molecule has 0 aromatic heterocycles. The van der Waals surface area contributed by atoms with Gasteiger partial charge in [-0.15, -0.1) is 10.2 Å². The minimum absolute atomic E-state index is 0. The van der Waals surface area contributed by atoms with E-state index in [1.54, 1.807) is 24.3 Å². The Morgan fingerprint density at radius 1 is 0.459 bits per heavy atom. The normalized spacial score (nSPS) is 17.4. The Hall–Kier alpha value is -8.02. The van der Waals surface area contributed by atoms with E-state index in [-0.39, 0.29) is 75.7 Å². The van der Waals surface area contributed by atoms with Crippen LogP contribution < -0.4 is 46.5 Å². The van der Waals surface area contributed by atoms with E-state index in [9.17, 15) is 19.2 Å². The van der Waals surface area contributed by atoms with Crippen LogP contribution in [0.4, 0.5) is 0 Å². The Balaban J connectivity index is 0.000000679. The zero-order valence-corrected chi connectivity index (χ0v) is 33.5. The predicted molar refractivity (Wildman–Crippen MR) is 206 cm³/mol. The van der Waals surface area contributed by atoms with Crippen molar-refractivity contribution in [2.45, 2.75) is 33.6 Å². The van der Waals surface area contributed by atoms with Crippen LogP contribution in [0.1, 0.15) is 73.3 Å². The van der Waals surface area contributed by atoms with Gasteiger partial charge in [0.2, 0.25) is 0 Å². The van der Waals surface area contributed by atoms with Gasteiger partial charge >= 0.3 is 17.4 Å². The SMILES string of the molecule is CC(=O)[O-].CC(=O)[O-].CC(=O)[O-].O=C1N/N=C2/Cc3ccccc3O/C2=N\NC(=O)c2ccc(cc2)C(=O)N/N=C2/Oc3ccccc3C/C2=N\NC(=O)c2ccc1cc2.[Cr+3]. The molecule has 1 radical (unpaired) electrons. The Morgan fingerprint density at radius 3 is 0.984 bits per heavy atom. The average molecular weight is 870 g/mol. The molecule has 6 aliphatic rings. The number of carbonyl (C=O) groups is 7. The third-order valence-electron chi connectivity index (χ3n) is 7.49. The molecule has 0 saturated carbocycles. The fraction of sp³-hybridized carbons (Fsp3) is 0.125. The molecule has 0 saturated heterocycles. The van der Waals surface area contributed by atoms with E-state index in [1.807, 2.05) is 24.3 Å². The molecule has 10 rings (SSSR count). The maximum atomic E-state index is 13.0. The van der Waals surface area contributed by atoms with Crippen LogP contribution >= 0.6 is 0 Å². The van der Waals surface area contributed by atoms with E-state index in [1.165, 1.54) is 48.5 Å². The second-order valence-electron chi connectivity index (χ2n) is 12.1. The van der Waals surface area contributed by atoms with E-state index >= 15 is 0 Å². The third kappa shape index (κ3) is 14.7. The third-order valence-corrected chi connectivity index (χ3v) is 7.49. The minimum Gasteiger partial charge on any atom is -0.550 e. The van der Waals surface area contributed by atoms with Gasteiger partial charge in [-0.25, -0.2) is 21.7 Å². The van der Waals surface area contributed by atoms with Crippen LogP contribution in [-0.4, -0.2) is 64.8 Å². The molecule has 6 heterocycles. The first kappa shape index (κ1) is 47.4. The summed E-state index contributed by atoms with van der Waals surface area (Å²) in [5, 5.41) is 43.4. The maximum absolute atomic E-state index is 13.0. The van der Waals surface area contributed by atoms with Gasteiger partial charge in [0.25, 0.3) is 35.4 Å². The number of nitrogens with zero attached hydrogens (tertiary/aromatic N) is 4. The molecule has 0 spiro atoms. The number of nitrogens with one attached hydrogen (secondary N) is 4. The van der Waals surface area contributed by atoms with Crippen LogP contribution in [0.2, 0.25) is 0 Å². The summed E-state index contributed by atoms with van der Waals surface area (Å²) in [5.41, 5.74) is 12.9. The largest absolute Gasteiger partial charge is 3.00 e. The maximum Gasteiger partial charge on any atom is 3.00 e. The van der Waals surface area contributed by atoms with Gasteiger partial charge in [0.1, 0.15) is 22.9 Å². The standard InChI is InChI=1S/C34H24N8O6.3C2H4O2.Cr/c43-29-19-9-11-20(12-10-19)30(44)38-36-26-18-24-6-2-4-8-28(24)48-34(26)42-40-32(46)22-15-13-21(14-16-22)31(45)39-41-33-25(35-37-29)17-23-5-1-3-7-27(23)47-33;3*1-2(3)4;/h1-16H,17-18H2,(H,37,43)(H,38,44)(H,39,45)(H,40,46);3*1H3,(H,3,4);/q;;;;+3/p-3. The van der Waals surface area contributed by atoms with Crippen LogP contribution in [0.5, 0.6) is 11.5 Å². The van der Waals surface area contributed by atoms with Crippen molar-refractivity contribution in [3.63, 3.8) is 0 Å². The number of hydrazone groups is 4. The molecule has 0 fully saturated rings. The summed E-state index contributed by atoms with van der Waals surface area (Å²) in [7, 11) is 0. The Kier molecular flexibility index (Phi) is 17.7. The summed E-state index contributed by atoms with van der Waals surface area (Å²) in [4.78, 5) is 78.6. The van der Waals surface area contributed by atoms with Gasteiger partial charge in [0, 0.05) is 64.1 Å². The van der Waals surface area contributed by atoms with Crippen molar-refractivity contribution in [2.24, 2.45) is 20.4 Å². The Bertz CT molecular complexity index is 2090. The number of carboxylic acid groups (broad SMARTS) is 3. The molecule has 6 aliphatic heterocycles. The minimum atomic E-state index is -1.08. The van der Waals surface area contributed by atoms with E-state index in [0.29, 0.717) is 11.5 Å². The van der Waals surface area contributed by atoms with Gasteiger partial charge in [-0.05, 0) is 81.4 Å². The van der Waals surface area contributed by atoms with Crippen LogP contribution in [0.25, 0.3) is 0 Å². The number of benzene rings is 4. The predicted octanol–water partition coefficient (Wildman–Crippen LogP) is -0.805. The molecule has 0 atom stereocenters. The molecule has 21 heteroatoms. The average Bonchev–Trinajstić information content (AvgIpc) is 3.21. The number of fused-ring (bicyclic) bond motifs is 2. The van der Waals surface area contributed by atoms with Gasteiger partial charge in [-0.3, -0.25) is 19.2 Å². The number of amides is 4. The first-order valence-corrected chi connectivity index (χ1v) is 17.4. The number of ether oxygens (including phenoxy) is 2. The number of carboxylic acids is 3. The molecular weight excluding hydrogens is 836 g/mol. The molecule has 4 aromatic carbocycles. The first-order valence-electron chi connectivity index (χ1n) is 17.4. The van der Waals surface area contributed by atoms with Crippen LogP contribution in [0, 0.1) is 0 Å². The van der Waals surface area contributed by atoms with Gasteiger partial charge < -0.3 is 39.2 Å². The molecule has 4 aromatic rings. The van der Waals surface area contributed by atoms with Gasteiger partial charge in [-0.1, -0.05) is 36.4 Å². The molecule has 4 amide bonds. The van der Waals surface area contributed by atoms with Crippen LogP contribution in [0.3, 0.4) is 0 Å². The first-order chi connectivity index (χ1) is 28.6. The number of hydrogen-bond donors (Lipinski definition) is 4. The summed E-state index contributed by atoms with van der Waals surface area (Å²) in [6.07, 6.45) is 0.523. The quantitative estimate of drug-likeness (QED) is 0.169. The summed E-state index contributed by atoms with van der Waals surface area (Å²) in [5.74, 6) is -4.50. The Morgan fingerprint density at radius 2 is 0.705 bits per heavy atom. The van der Waals surface area contributed by atoms with Crippen molar-refractivity contribution in [3.8, 4) is 11.5 Å². The van der Waals surface area contributed by atoms with Gasteiger partial charge in [0.05, 0.1) is 0 Å². The number of rotatable bonds is 0. The van der Waals surface area contributed by atoms with Gasteiger partial charge in [0.15, 0.2) is 0 Å². The fourth-order valence-corrected chi connectivity index (χ4v) is 4.93. The van der Waals surface area contributed by atoms with Crippen molar-refractivity contribution in [1.29, 1.82) is 0 Å². The molecule has 20 nitrogen and oxygen atoms in total. The van der Waals surface area contributed by atoms with Crippen LogP contribution in [0.15, 0.2) is 117 Å². The van der Waals surface area contributed by atoms with E-state index in [2.05, 4.69) is 42.1 Å². The second-order valence-corrected chi connectivity index (χ2v) is 12.1. The van der Waals surface area contributed by atoms with Crippen molar-refractivity contribution in [2.75, 3.05) is 0 Å². The summed E-state index contributed by atoms with van der Waals surface area (Å²) in [6.45, 7) is 2.92. The van der Waals surface area contributed by atoms with Crippen molar-refractivity contribution in [3.05, 3.63) is 130 Å². The topological polar surface area (TPSA) is 305 Å². The molecule has 61 heavy (non-hydrogen) atoms. The monoisotopic (exact) mass is 869 g/mol. The van der Waals surface area contributed by atoms with E-state index < -0.39 is 41.5 Å². The Labute approximate surface area is 357 Å². The zero-order valence-electron chi connectivity index (χ0n) is 32.2. The molecule has 0 unspecified atom stereocenters. The molecule has 0 aliphatic carbocycles. The van der Waals surface area contributed by atoms with Crippen molar-refractivity contribution in [1.82, 2.24) is 21.7 Å².